The molecule has 1 atom stereocenters. The van der Waals surface area contributed by atoms with Crippen LogP contribution < -0.4 is 5.32 Å². The summed E-state index contributed by atoms with van der Waals surface area (Å²) in [5.74, 6) is 0. The number of hydrogen-bond acceptors (Lipinski definition) is 2. The molecule has 7 heteroatoms. The van der Waals surface area contributed by atoms with Gasteiger partial charge in [-0.05, 0) is 33.2 Å². The highest BCUT2D eigenvalue weighted by molar-refractivity contribution is 6.09. The van der Waals surface area contributed by atoms with Gasteiger partial charge in [-0.15, -0.1) is 24.8 Å². The van der Waals surface area contributed by atoms with Crippen LogP contribution in [0.15, 0.2) is 54.6 Å². The highest BCUT2D eigenvalue weighted by Gasteiger charge is 2.45. The van der Waals surface area contributed by atoms with Gasteiger partial charge in [0, 0.05) is 26.2 Å². The minimum Gasteiger partial charge on any atom is -0.314 e. The Hall–Kier alpha value is -1.53. The number of rotatable bonds is 2. The van der Waals surface area contributed by atoms with Crippen molar-refractivity contribution in [2.75, 3.05) is 26.2 Å². The normalized spacial score (nSPS) is 16.6. The first kappa shape index (κ1) is 21.8. The van der Waals surface area contributed by atoms with Crippen molar-refractivity contribution in [3.05, 3.63) is 60.2 Å². The maximum Gasteiger partial charge on any atom is 0.408 e. The second-order valence-corrected chi connectivity index (χ2v) is 6.46. The summed E-state index contributed by atoms with van der Waals surface area (Å²) in [7, 11) is 0. The molecule has 0 unspecified atom stereocenters. The summed E-state index contributed by atoms with van der Waals surface area (Å²) in [5, 5.41) is 6.52. The van der Waals surface area contributed by atoms with Crippen LogP contribution in [0.5, 0.6) is 0 Å². The van der Waals surface area contributed by atoms with Gasteiger partial charge in [0.1, 0.15) is 6.04 Å². The predicted octanol–water partition coefficient (Wildman–Crippen LogP) is 5.35. The quantitative estimate of drug-likeness (QED) is 0.566. The lowest BCUT2D eigenvalue weighted by Crippen LogP contribution is -2.49. The molecule has 0 radical (unpaired) electrons. The standard InChI is InChI=1S/C20H19F3N2.2ClH/c21-20(22,23)19(25-11-9-24-10-12-25)18-13-14-5-1-2-6-15(14)16-7-3-4-8-17(16)18;;/h1-8,13,19,24H,9-12H2;2*1H/t19-;;/m1../s1. The zero-order valence-corrected chi connectivity index (χ0v) is 16.1. The first-order valence-corrected chi connectivity index (χ1v) is 8.47. The van der Waals surface area contributed by atoms with E-state index in [1.54, 1.807) is 17.0 Å². The molecule has 0 aromatic heterocycles. The smallest absolute Gasteiger partial charge is 0.314 e. The van der Waals surface area contributed by atoms with Crippen LogP contribution in [0.4, 0.5) is 13.2 Å². The molecule has 1 aliphatic heterocycles. The molecule has 1 heterocycles. The number of piperazine rings is 1. The van der Waals surface area contributed by atoms with E-state index >= 15 is 0 Å². The molecule has 27 heavy (non-hydrogen) atoms. The molecule has 3 aromatic carbocycles. The Balaban J connectivity index is 0.00000131. The Kier molecular flexibility index (Phi) is 6.98. The van der Waals surface area contributed by atoms with Crippen LogP contribution in [0, 0.1) is 0 Å². The summed E-state index contributed by atoms with van der Waals surface area (Å²) < 4.78 is 42.2. The number of alkyl halides is 3. The van der Waals surface area contributed by atoms with Gasteiger partial charge in [-0.25, -0.2) is 0 Å². The van der Waals surface area contributed by atoms with E-state index in [9.17, 15) is 13.2 Å². The molecule has 1 aliphatic rings. The van der Waals surface area contributed by atoms with Gasteiger partial charge in [-0.1, -0.05) is 48.5 Å². The van der Waals surface area contributed by atoms with Gasteiger partial charge >= 0.3 is 6.18 Å². The van der Waals surface area contributed by atoms with E-state index in [2.05, 4.69) is 5.32 Å². The molecule has 4 rings (SSSR count). The first-order chi connectivity index (χ1) is 12.1. The fourth-order valence-electron chi connectivity index (χ4n) is 3.83. The average Bonchev–Trinajstić information content (AvgIpc) is 2.62. The lowest BCUT2D eigenvalue weighted by Gasteiger charge is -2.36. The molecule has 0 saturated carbocycles. The van der Waals surface area contributed by atoms with E-state index in [4.69, 9.17) is 0 Å². The van der Waals surface area contributed by atoms with Crippen molar-refractivity contribution in [3.63, 3.8) is 0 Å². The van der Waals surface area contributed by atoms with Crippen LogP contribution in [0.1, 0.15) is 11.6 Å². The summed E-state index contributed by atoms with van der Waals surface area (Å²) in [6, 6.07) is 15.2. The number of benzene rings is 3. The Labute approximate surface area is 168 Å². The molecule has 1 N–H and O–H groups in total. The first-order valence-electron chi connectivity index (χ1n) is 8.47. The SMILES string of the molecule is Cl.Cl.FC(F)(F)[C@@H](c1cc2ccccc2c2ccccc12)N1CCNCC1. The molecule has 1 fully saturated rings. The predicted molar refractivity (Wildman–Crippen MR) is 109 cm³/mol. The molecule has 0 amide bonds. The summed E-state index contributed by atoms with van der Waals surface area (Å²) in [4.78, 5) is 1.55. The number of nitrogens with one attached hydrogen (secondary N) is 1. The van der Waals surface area contributed by atoms with Crippen molar-refractivity contribution in [1.29, 1.82) is 0 Å². The van der Waals surface area contributed by atoms with E-state index < -0.39 is 12.2 Å². The van der Waals surface area contributed by atoms with Crippen molar-refractivity contribution < 1.29 is 13.2 Å². The molecule has 0 aliphatic carbocycles. The van der Waals surface area contributed by atoms with E-state index in [0.29, 0.717) is 37.1 Å². The molecule has 146 valence electrons. The van der Waals surface area contributed by atoms with Crippen molar-refractivity contribution in [3.8, 4) is 0 Å². The largest absolute Gasteiger partial charge is 0.408 e. The van der Waals surface area contributed by atoms with Gasteiger partial charge in [0.2, 0.25) is 0 Å². The minimum atomic E-state index is -4.32. The third-order valence-electron chi connectivity index (χ3n) is 4.92. The van der Waals surface area contributed by atoms with Gasteiger partial charge in [0.15, 0.2) is 0 Å². The molecule has 3 aromatic rings. The fourth-order valence-corrected chi connectivity index (χ4v) is 3.83. The third kappa shape index (κ3) is 4.16. The molecule has 1 saturated heterocycles. The monoisotopic (exact) mass is 416 g/mol. The lowest BCUT2D eigenvalue weighted by atomic mass is 9.92. The Morgan fingerprint density at radius 2 is 1.37 bits per heavy atom. The van der Waals surface area contributed by atoms with Gasteiger partial charge in [0.05, 0.1) is 0 Å². The topological polar surface area (TPSA) is 15.3 Å². The van der Waals surface area contributed by atoms with E-state index in [-0.39, 0.29) is 24.8 Å². The average molecular weight is 417 g/mol. The highest BCUT2D eigenvalue weighted by Crippen LogP contribution is 2.42. The fraction of sp³-hybridized carbons (Fsp3) is 0.300. The Morgan fingerprint density at radius 3 is 2.00 bits per heavy atom. The minimum absolute atomic E-state index is 0. The van der Waals surface area contributed by atoms with Gasteiger partial charge < -0.3 is 5.32 Å². The van der Waals surface area contributed by atoms with Gasteiger partial charge in [-0.2, -0.15) is 13.2 Å². The number of hydrogen-bond donors (Lipinski definition) is 1. The lowest BCUT2D eigenvalue weighted by molar-refractivity contribution is -0.187. The maximum absolute atomic E-state index is 14.1. The highest BCUT2D eigenvalue weighted by atomic mass is 35.5. The van der Waals surface area contributed by atoms with E-state index in [1.165, 1.54) is 0 Å². The van der Waals surface area contributed by atoms with E-state index in [0.717, 1.165) is 16.2 Å². The zero-order chi connectivity index (χ0) is 17.4. The Morgan fingerprint density at radius 1 is 0.815 bits per heavy atom. The van der Waals surface area contributed by atoms with Crippen molar-refractivity contribution in [2.24, 2.45) is 0 Å². The van der Waals surface area contributed by atoms with Gasteiger partial charge in [-0.3, -0.25) is 4.90 Å². The van der Waals surface area contributed by atoms with Crippen LogP contribution in [0.25, 0.3) is 21.5 Å². The van der Waals surface area contributed by atoms with Gasteiger partial charge in [0.25, 0.3) is 0 Å². The van der Waals surface area contributed by atoms with Crippen LogP contribution in [-0.4, -0.2) is 37.3 Å². The van der Waals surface area contributed by atoms with Crippen molar-refractivity contribution >= 4 is 46.4 Å². The molecular weight excluding hydrogens is 396 g/mol. The molecular formula is C20H21Cl2F3N2. The second-order valence-electron chi connectivity index (χ2n) is 6.46. The zero-order valence-electron chi connectivity index (χ0n) is 14.5. The van der Waals surface area contributed by atoms with Crippen LogP contribution in [0.3, 0.4) is 0 Å². The van der Waals surface area contributed by atoms with E-state index in [1.807, 2.05) is 42.5 Å². The van der Waals surface area contributed by atoms with Crippen molar-refractivity contribution in [1.82, 2.24) is 10.2 Å². The van der Waals surface area contributed by atoms with Crippen LogP contribution >= 0.6 is 24.8 Å². The molecule has 0 bridgehead atoms. The van der Waals surface area contributed by atoms with Crippen LogP contribution in [-0.2, 0) is 0 Å². The molecule has 2 nitrogen and oxygen atoms in total. The number of nitrogens with zero attached hydrogens (tertiary/aromatic N) is 1. The molecule has 0 spiro atoms. The summed E-state index contributed by atoms with van der Waals surface area (Å²) in [5.41, 5.74) is 0.351. The summed E-state index contributed by atoms with van der Waals surface area (Å²) in [6.45, 7) is 1.95. The maximum atomic E-state index is 14.1. The summed E-state index contributed by atoms with van der Waals surface area (Å²) in [6.07, 6.45) is -4.32. The second kappa shape index (κ2) is 8.65. The Bertz CT molecular complexity index is 909. The summed E-state index contributed by atoms with van der Waals surface area (Å²) >= 11 is 0. The number of fused-ring (bicyclic) bond motifs is 3. The number of halogens is 5. The third-order valence-corrected chi connectivity index (χ3v) is 4.92. The van der Waals surface area contributed by atoms with Crippen LogP contribution in [0.2, 0.25) is 0 Å². The van der Waals surface area contributed by atoms with Crippen molar-refractivity contribution in [2.45, 2.75) is 12.2 Å².